The monoisotopic (exact) mass is 393 g/mol. The van der Waals surface area contributed by atoms with Gasteiger partial charge in [0.05, 0.1) is 12.8 Å². The minimum absolute atomic E-state index is 0.0245. The number of nitrogens with zero attached hydrogens (tertiary/aromatic N) is 5. The molecule has 3 aromatic rings. The molecule has 29 heavy (non-hydrogen) atoms. The maximum atomic E-state index is 12.5. The predicted octanol–water partition coefficient (Wildman–Crippen LogP) is 2.52. The lowest BCUT2D eigenvalue weighted by Crippen LogP contribution is -2.42. The summed E-state index contributed by atoms with van der Waals surface area (Å²) in [5.74, 6) is 1.31. The molecule has 0 aliphatic carbocycles. The van der Waals surface area contributed by atoms with Gasteiger partial charge < -0.3 is 14.2 Å². The molecule has 0 radical (unpaired) electrons. The highest BCUT2D eigenvalue weighted by Gasteiger charge is 2.25. The molecule has 2 aromatic heterocycles. The molecule has 1 atom stereocenters. The first-order valence-electron chi connectivity index (χ1n) is 9.76. The summed E-state index contributed by atoms with van der Waals surface area (Å²) in [7, 11) is 0. The normalized spacial score (nSPS) is 16.7. The molecule has 1 amide bonds. The first-order valence-corrected chi connectivity index (χ1v) is 9.76. The molecule has 1 saturated heterocycles. The average Bonchev–Trinajstić information content (AvgIpc) is 3.24. The van der Waals surface area contributed by atoms with Crippen LogP contribution in [0.4, 0.5) is 0 Å². The number of carbonyl (C=O) groups is 1. The zero-order valence-corrected chi connectivity index (χ0v) is 16.1. The molecular formula is C21H23N5O3. The van der Waals surface area contributed by atoms with Crippen LogP contribution in [0.15, 0.2) is 53.4 Å². The third-order valence-electron chi connectivity index (χ3n) is 4.93. The quantitative estimate of drug-likeness (QED) is 0.609. The molecule has 1 aliphatic rings. The van der Waals surface area contributed by atoms with Crippen molar-refractivity contribution in [1.29, 1.82) is 0 Å². The summed E-state index contributed by atoms with van der Waals surface area (Å²) in [6, 6.07) is 9.86. The largest absolute Gasteiger partial charge is 0.367 e. The minimum Gasteiger partial charge on any atom is -0.367 e. The highest BCUT2D eigenvalue weighted by atomic mass is 16.5. The Bertz CT molecular complexity index is 916. The lowest BCUT2D eigenvalue weighted by atomic mass is 9.95. The van der Waals surface area contributed by atoms with Crippen molar-refractivity contribution in [2.24, 2.45) is 5.92 Å². The number of hydrogen-bond donors (Lipinski definition) is 0. The van der Waals surface area contributed by atoms with Crippen LogP contribution in [-0.4, -0.2) is 50.6 Å². The maximum absolute atomic E-state index is 12.5. The Morgan fingerprint density at radius 1 is 1.24 bits per heavy atom. The second kappa shape index (κ2) is 9.38. The van der Waals surface area contributed by atoms with Crippen LogP contribution in [0.1, 0.15) is 24.3 Å². The van der Waals surface area contributed by atoms with E-state index >= 15 is 0 Å². The molecule has 0 N–H and O–H groups in total. The van der Waals surface area contributed by atoms with Gasteiger partial charge in [0.2, 0.25) is 17.6 Å². The van der Waals surface area contributed by atoms with Gasteiger partial charge in [-0.05, 0) is 24.3 Å². The van der Waals surface area contributed by atoms with Crippen LogP contribution in [0.2, 0.25) is 0 Å². The summed E-state index contributed by atoms with van der Waals surface area (Å²) < 4.78 is 11.0. The van der Waals surface area contributed by atoms with Crippen molar-refractivity contribution in [1.82, 2.24) is 25.0 Å². The number of hydrogen-bond acceptors (Lipinski definition) is 7. The van der Waals surface area contributed by atoms with Crippen molar-refractivity contribution in [3.63, 3.8) is 0 Å². The van der Waals surface area contributed by atoms with Gasteiger partial charge in [0.15, 0.2) is 0 Å². The molecule has 3 heterocycles. The van der Waals surface area contributed by atoms with Crippen LogP contribution in [0, 0.1) is 5.92 Å². The molecular weight excluding hydrogens is 370 g/mol. The van der Waals surface area contributed by atoms with Gasteiger partial charge in [0.1, 0.15) is 12.3 Å². The van der Waals surface area contributed by atoms with E-state index in [2.05, 4.69) is 20.1 Å². The first-order chi connectivity index (χ1) is 14.3. The molecule has 0 bridgehead atoms. The van der Waals surface area contributed by atoms with E-state index in [0.717, 1.165) is 24.9 Å². The van der Waals surface area contributed by atoms with Crippen LogP contribution >= 0.6 is 0 Å². The molecule has 150 valence electrons. The number of benzene rings is 1. The van der Waals surface area contributed by atoms with Gasteiger partial charge in [-0.15, -0.1) is 0 Å². The highest BCUT2D eigenvalue weighted by Crippen LogP contribution is 2.21. The van der Waals surface area contributed by atoms with E-state index in [-0.39, 0.29) is 18.4 Å². The molecule has 0 spiro atoms. The molecule has 1 aromatic carbocycles. The van der Waals surface area contributed by atoms with E-state index in [1.54, 1.807) is 18.6 Å². The van der Waals surface area contributed by atoms with Gasteiger partial charge >= 0.3 is 0 Å². The van der Waals surface area contributed by atoms with Crippen LogP contribution in [-0.2, 0) is 22.6 Å². The number of rotatable bonds is 7. The molecule has 8 nitrogen and oxygen atoms in total. The Morgan fingerprint density at radius 3 is 2.97 bits per heavy atom. The number of aromatic nitrogens is 4. The second-order valence-electron chi connectivity index (χ2n) is 7.13. The zero-order chi connectivity index (χ0) is 19.9. The smallest absolute Gasteiger partial charge is 0.248 e. The number of piperidine rings is 1. The number of carbonyl (C=O) groups excluding carboxylic acids is 1. The Balaban J connectivity index is 1.27. The average molecular weight is 393 g/mol. The predicted molar refractivity (Wildman–Crippen MR) is 104 cm³/mol. The number of likely N-dealkylation sites (tertiary alicyclic amines) is 1. The summed E-state index contributed by atoms with van der Waals surface area (Å²) in [6.07, 6.45) is 7.42. The van der Waals surface area contributed by atoms with Crippen molar-refractivity contribution >= 4 is 5.91 Å². The van der Waals surface area contributed by atoms with Gasteiger partial charge in [-0.3, -0.25) is 9.78 Å². The van der Waals surface area contributed by atoms with Crippen molar-refractivity contribution in [2.75, 3.05) is 19.7 Å². The maximum Gasteiger partial charge on any atom is 0.248 e. The summed E-state index contributed by atoms with van der Waals surface area (Å²) >= 11 is 0. The van der Waals surface area contributed by atoms with Crippen LogP contribution in [0.3, 0.4) is 0 Å². The Labute approximate surface area is 168 Å². The van der Waals surface area contributed by atoms with Gasteiger partial charge in [0, 0.05) is 31.9 Å². The molecule has 0 saturated carbocycles. The fourth-order valence-electron chi connectivity index (χ4n) is 3.48. The molecule has 8 heteroatoms. The zero-order valence-electron chi connectivity index (χ0n) is 16.1. The standard InChI is InChI=1S/C21H23N5O3/c27-20(15-28-14-16-5-2-1-3-6-16)26-10-4-7-17(13-26)11-19-24-21(25-29-19)18-12-22-8-9-23-18/h1-3,5-6,8-9,12,17H,4,7,10-11,13-15H2. The second-order valence-corrected chi connectivity index (χ2v) is 7.13. The SMILES string of the molecule is O=C(COCc1ccccc1)N1CCCC(Cc2nc(-c3cnccn3)no2)C1. The van der Waals surface area contributed by atoms with Gasteiger partial charge in [-0.25, -0.2) is 4.98 Å². The van der Waals surface area contributed by atoms with Gasteiger partial charge in [-0.2, -0.15) is 4.98 Å². The van der Waals surface area contributed by atoms with Crippen molar-refractivity contribution in [3.05, 3.63) is 60.4 Å². The summed E-state index contributed by atoms with van der Waals surface area (Å²) in [5.41, 5.74) is 1.64. The third-order valence-corrected chi connectivity index (χ3v) is 4.93. The fourth-order valence-corrected chi connectivity index (χ4v) is 3.48. The van der Waals surface area contributed by atoms with Crippen LogP contribution in [0.5, 0.6) is 0 Å². The van der Waals surface area contributed by atoms with Crippen molar-refractivity contribution in [3.8, 4) is 11.5 Å². The summed E-state index contributed by atoms with van der Waals surface area (Å²) in [6.45, 7) is 1.98. The third kappa shape index (κ3) is 5.23. The van der Waals surface area contributed by atoms with E-state index < -0.39 is 0 Å². The van der Waals surface area contributed by atoms with Crippen molar-refractivity contribution in [2.45, 2.75) is 25.9 Å². The topological polar surface area (TPSA) is 94.2 Å². The lowest BCUT2D eigenvalue weighted by molar-refractivity contribution is -0.138. The Kier molecular flexibility index (Phi) is 6.21. The minimum atomic E-state index is 0.0245. The van der Waals surface area contributed by atoms with E-state index in [1.165, 1.54) is 0 Å². The van der Waals surface area contributed by atoms with E-state index in [0.29, 0.717) is 37.0 Å². The molecule has 1 aliphatic heterocycles. The van der Waals surface area contributed by atoms with E-state index in [4.69, 9.17) is 9.26 Å². The van der Waals surface area contributed by atoms with Crippen molar-refractivity contribution < 1.29 is 14.1 Å². The van der Waals surface area contributed by atoms with Gasteiger partial charge in [0.25, 0.3) is 0 Å². The van der Waals surface area contributed by atoms with Gasteiger partial charge in [-0.1, -0.05) is 35.5 Å². The summed E-state index contributed by atoms with van der Waals surface area (Å²) in [5, 5.41) is 3.99. The number of ether oxygens (including phenoxy) is 1. The molecule has 1 unspecified atom stereocenters. The van der Waals surface area contributed by atoms with Crippen LogP contribution in [0.25, 0.3) is 11.5 Å². The van der Waals surface area contributed by atoms with E-state index in [9.17, 15) is 4.79 Å². The van der Waals surface area contributed by atoms with Crippen LogP contribution < -0.4 is 0 Å². The fraction of sp³-hybridized carbons (Fsp3) is 0.381. The number of amides is 1. The highest BCUT2D eigenvalue weighted by molar-refractivity contribution is 5.77. The Hall–Kier alpha value is -3.13. The molecule has 1 fully saturated rings. The molecule has 4 rings (SSSR count). The first kappa shape index (κ1) is 19.2. The lowest BCUT2D eigenvalue weighted by Gasteiger charge is -2.32. The Morgan fingerprint density at radius 2 is 2.14 bits per heavy atom. The summed E-state index contributed by atoms with van der Waals surface area (Å²) in [4.78, 5) is 27.0. The van der Waals surface area contributed by atoms with E-state index in [1.807, 2.05) is 35.2 Å².